The van der Waals surface area contributed by atoms with E-state index in [9.17, 15) is 0 Å². The van der Waals surface area contributed by atoms with Crippen LogP contribution in [0.15, 0.2) is 203 Å². The summed E-state index contributed by atoms with van der Waals surface area (Å²) in [4.78, 5) is 17.4. The van der Waals surface area contributed by atoms with Crippen LogP contribution in [0, 0.1) is 0 Å². The van der Waals surface area contributed by atoms with E-state index in [0.29, 0.717) is 17.5 Å². The normalized spacial score (nSPS) is 11.5. The highest BCUT2D eigenvalue weighted by Gasteiger charge is 2.20. The summed E-state index contributed by atoms with van der Waals surface area (Å²) < 4.78 is 13.1. The Hall–Kier alpha value is -7.83. The van der Waals surface area contributed by atoms with Gasteiger partial charge >= 0.3 is 0 Å². The SMILES string of the molecule is c1ccc(-c2ccc(N(c3ccccc3)c3ccc4c(c3)oc3cc(-c5nc(-c6ccccc6)nc(-c6cccc7c6oc6ccccc67)n5)ccc34)cc2)cc1. The molecule has 0 aliphatic heterocycles. The number of aromatic nitrogens is 3. The third-order valence-electron chi connectivity index (χ3n) is 10.5. The van der Waals surface area contributed by atoms with Gasteiger partial charge in [-0.15, -0.1) is 0 Å². The van der Waals surface area contributed by atoms with Gasteiger partial charge < -0.3 is 13.7 Å². The molecule has 11 rings (SSSR count). The molecule has 0 saturated heterocycles. The van der Waals surface area contributed by atoms with Gasteiger partial charge in [0.15, 0.2) is 17.5 Å². The number of rotatable bonds is 7. The van der Waals surface area contributed by atoms with Crippen molar-refractivity contribution in [2.75, 3.05) is 4.90 Å². The largest absolute Gasteiger partial charge is 0.456 e. The minimum Gasteiger partial charge on any atom is -0.456 e. The third-order valence-corrected chi connectivity index (χ3v) is 10.5. The average molecular weight is 733 g/mol. The summed E-state index contributed by atoms with van der Waals surface area (Å²) >= 11 is 0. The number of benzene rings is 8. The summed E-state index contributed by atoms with van der Waals surface area (Å²) in [5, 5.41) is 4.12. The van der Waals surface area contributed by atoms with E-state index in [4.69, 9.17) is 23.8 Å². The quantitative estimate of drug-likeness (QED) is 0.162. The van der Waals surface area contributed by atoms with Crippen molar-refractivity contribution in [1.82, 2.24) is 15.0 Å². The van der Waals surface area contributed by atoms with Crippen molar-refractivity contribution in [2.24, 2.45) is 0 Å². The predicted molar refractivity (Wildman–Crippen MR) is 231 cm³/mol. The van der Waals surface area contributed by atoms with Crippen molar-refractivity contribution in [3.05, 3.63) is 194 Å². The summed E-state index contributed by atoms with van der Waals surface area (Å²) in [6.07, 6.45) is 0. The molecule has 0 N–H and O–H groups in total. The van der Waals surface area contributed by atoms with Crippen LogP contribution in [0.2, 0.25) is 0 Å². The Morgan fingerprint density at radius 1 is 0.316 bits per heavy atom. The third kappa shape index (κ3) is 5.79. The van der Waals surface area contributed by atoms with Crippen molar-refractivity contribution in [1.29, 1.82) is 0 Å². The summed E-state index contributed by atoms with van der Waals surface area (Å²) in [6.45, 7) is 0. The molecule has 268 valence electrons. The second-order valence-corrected chi connectivity index (χ2v) is 14.0. The molecule has 3 aromatic heterocycles. The minimum atomic E-state index is 0.538. The first-order chi connectivity index (χ1) is 28.2. The van der Waals surface area contributed by atoms with Gasteiger partial charge in [-0.25, -0.2) is 15.0 Å². The first kappa shape index (κ1) is 32.6. The molecule has 0 amide bonds. The van der Waals surface area contributed by atoms with E-state index in [0.717, 1.165) is 77.6 Å². The van der Waals surface area contributed by atoms with Gasteiger partial charge in [-0.05, 0) is 71.8 Å². The Morgan fingerprint density at radius 3 is 1.61 bits per heavy atom. The highest BCUT2D eigenvalue weighted by atomic mass is 16.3. The van der Waals surface area contributed by atoms with Gasteiger partial charge in [0.2, 0.25) is 0 Å². The fourth-order valence-corrected chi connectivity index (χ4v) is 7.77. The highest BCUT2D eigenvalue weighted by Crippen LogP contribution is 2.40. The number of furan rings is 2. The monoisotopic (exact) mass is 732 g/mol. The predicted octanol–water partition coefficient (Wildman–Crippen LogP) is 13.8. The minimum absolute atomic E-state index is 0.538. The van der Waals surface area contributed by atoms with Crippen molar-refractivity contribution in [2.45, 2.75) is 0 Å². The molecular formula is C51H32N4O2. The smallest absolute Gasteiger partial charge is 0.167 e. The van der Waals surface area contributed by atoms with Crippen molar-refractivity contribution in [3.8, 4) is 45.3 Å². The maximum Gasteiger partial charge on any atom is 0.167 e. The highest BCUT2D eigenvalue weighted by molar-refractivity contribution is 6.09. The van der Waals surface area contributed by atoms with Crippen LogP contribution in [0.5, 0.6) is 0 Å². The van der Waals surface area contributed by atoms with Gasteiger partial charge in [-0.1, -0.05) is 127 Å². The molecule has 0 spiro atoms. The lowest BCUT2D eigenvalue weighted by Gasteiger charge is -2.25. The van der Waals surface area contributed by atoms with Crippen molar-refractivity contribution >= 4 is 60.9 Å². The van der Waals surface area contributed by atoms with Crippen LogP contribution in [-0.4, -0.2) is 15.0 Å². The maximum absolute atomic E-state index is 6.66. The number of anilines is 3. The van der Waals surface area contributed by atoms with Gasteiger partial charge in [0.1, 0.15) is 22.3 Å². The van der Waals surface area contributed by atoms with Crippen LogP contribution in [0.3, 0.4) is 0 Å². The molecule has 0 atom stereocenters. The second kappa shape index (κ2) is 13.5. The van der Waals surface area contributed by atoms with Crippen LogP contribution < -0.4 is 4.90 Å². The molecule has 0 radical (unpaired) electrons. The summed E-state index contributed by atoms with van der Waals surface area (Å²) in [5.74, 6) is 1.66. The zero-order chi connectivity index (χ0) is 37.7. The van der Waals surface area contributed by atoms with Crippen LogP contribution in [0.25, 0.3) is 89.2 Å². The van der Waals surface area contributed by atoms with E-state index in [1.807, 2.05) is 78.9 Å². The summed E-state index contributed by atoms with van der Waals surface area (Å²) in [7, 11) is 0. The molecular weight excluding hydrogens is 701 g/mol. The molecule has 0 saturated carbocycles. The van der Waals surface area contributed by atoms with E-state index in [2.05, 4.69) is 120 Å². The summed E-state index contributed by atoms with van der Waals surface area (Å²) in [5.41, 5.74) is 11.1. The lowest BCUT2D eigenvalue weighted by atomic mass is 10.0. The molecule has 8 aromatic carbocycles. The van der Waals surface area contributed by atoms with Crippen LogP contribution in [-0.2, 0) is 0 Å². The van der Waals surface area contributed by atoms with Gasteiger partial charge in [0, 0.05) is 55.8 Å². The van der Waals surface area contributed by atoms with Gasteiger partial charge in [0.25, 0.3) is 0 Å². The molecule has 57 heavy (non-hydrogen) atoms. The van der Waals surface area contributed by atoms with Crippen molar-refractivity contribution in [3.63, 3.8) is 0 Å². The van der Waals surface area contributed by atoms with E-state index in [1.54, 1.807) is 0 Å². The molecule has 0 bridgehead atoms. The first-order valence-electron chi connectivity index (χ1n) is 18.9. The molecule has 6 heteroatoms. The van der Waals surface area contributed by atoms with Crippen LogP contribution in [0.1, 0.15) is 0 Å². The lowest BCUT2D eigenvalue weighted by molar-refractivity contribution is 0.668. The Balaban J connectivity index is 1.02. The van der Waals surface area contributed by atoms with Crippen LogP contribution in [0.4, 0.5) is 17.1 Å². The first-order valence-corrected chi connectivity index (χ1v) is 18.9. The molecule has 0 fully saturated rings. The second-order valence-electron chi connectivity index (χ2n) is 14.0. The number of hydrogen-bond acceptors (Lipinski definition) is 6. The van der Waals surface area contributed by atoms with E-state index in [-0.39, 0.29) is 0 Å². The molecule has 3 heterocycles. The topological polar surface area (TPSA) is 68.2 Å². The number of hydrogen-bond donors (Lipinski definition) is 0. The standard InChI is InChI=1S/C51H32N4O2/c1-4-13-33(14-5-1)34-23-26-38(27-24-34)55(37-17-8-3-9-18-37)39-28-30-42-41-29-25-36(31-46(41)56-47(42)32-39)50-52-49(35-15-6-2-7-16-35)53-51(54-50)44-21-12-20-43-40-19-10-11-22-45(40)57-48(43)44/h1-32H. The zero-order valence-electron chi connectivity index (χ0n) is 30.6. The summed E-state index contributed by atoms with van der Waals surface area (Å²) in [6, 6.07) is 66.4. The van der Waals surface area contributed by atoms with Gasteiger partial charge in [-0.3, -0.25) is 0 Å². The van der Waals surface area contributed by atoms with Crippen LogP contribution >= 0.6 is 0 Å². The Kier molecular flexibility index (Phi) is 7.71. The number of fused-ring (bicyclic) bond motifs is 6. The number of para-hydroxylation sites is 3. The fourth-order valence-electron chi connectivity index (χ4n) is 7.77. The fraction of sp³-hybridized carbons (Fsp3) is 0. The maximum atomic E-state index is 6.66. The lowest BCUT2D eigenvalue weighted by Crippen LogP contribution is -2.09. The van der Waals surface area contributed by atoms with E-state index >= 15 is 0 Å². The average Bonchev–Trinajstić information content (AvgIpc) is 3.85. The molecule has 0 unspecified atom stereocenters. The Bertz CT molecular complexity index is 3230. The number of nitrogens with zero attached hydrogens (tertiary/aromatic N) is 4. The molecule has 0 aliphatic rings. The molecule has 11 aromatic rings. The molecule has 0 aliphatic carbocycles. The Labute approximate surface area is 328 Å². The molecule has 6 nitrogen and oxygen atoms in total. The van der Waals surface area contributed by atoms with E-state index in [1.165, 1.54) is 11.1 Å². The van der Waals surface area contributed by atoms with E-state index < -0.39 is 0 Å². The van der Waals surface area contributed by atoms with Gasteiger partial charge in [-0.2, -0.15) is 0 Å². The van der Waals surface area contributed by atoms with Gasteiger partial charge in [0.05, 0.1) is 5.56 Å². The Morgan fingerprint density at radius 2 is 0.842 bits per heavy atom. The zero-order valence-corrected chi connectivity index (χ0v) is 30.6. The van der Waals surface area contributed by atoms with Crippen molar-refractivity contribution < 1.29 is 8.83 Å².